The smallest absolute Gasteiger partial charge is 0.333 e. The Bertz CT molecular complexity index is 1020. The Morgan fingerprint density at radius 1 is 1.26 bits per heavy atom. The molecule has 0 aliphatic heterocycles. The summed E-state index contributed by atoms with van der Waals surface area (Å²) in [5.74, 6) is -2.71. The number of ether oxygens (including phenoxy) is 1. The van der Waals surface area contributed by atoms with Gasteiger partial charge in [-0.25, -0.2) is 13.6 Å². The van der Waals surface area contributed by atoms with Crippen LogP contribution in [-0.2, 0) is 20.9 Å². The molecule has 1 aromatic carbocycles. The fourth-order valence-electron chi connectivity index (χ4n) is 2.13. The van der Waals surface area contributed by atoms with Crippen LogP contribution >= 0.6 is 11.3 Å². The molecule has 6 nitrogen and oxygen atoms in total. The van der Waals surface area contributed by atoms with Gasteiger partial charge in [-0.15, -0.1) is 11.3 Å². The van der Waals surface area contributed by atoms with Crippen LogP contribution in [0, 0.1) is 11.6 Å². The number of nitrogens with zero attached hydrogens (tertiary/aromatic N) is 2. The largest absolute Gasteiger partial charge is 0.463 e. The van der Waals surface area contributed by atoms with Gasteiger partial charge in [0.05, 0.1) is 17.2 Å². The second-order valence-electron chi connectivity index (χ2n) is 5.66. The lowest BCUT2D eigenvalue weighted by atomic mass is 10.2. The molecule has 2 aromatic rings. The summed E-state index contributed by atoms with van der Waals surface area (Å²) in [6, 6.07) is 3.36. The molecule has 9 heteroatoms. The van der Waals surface area contributed by atoms with Gasteiger partial charge in [-0.2, -0.15) is 0 Å². The van der Waals surface area contributed by atoms with Crippen molar-refractivity contribution in [2.24, 2.45) is 0 Å². The van der Waals surface area contributed by atoms with Gasteiger partial charge in [0, 0.05) is 19.7 Å². The van der Waals surface area contributed by atoms with E-state index >= 15 is 0 Å². The lowest BCUT2D eigenvalue weighted by molar-refractivity contribution is -0.135. The number of thiazole rings is 1. The first-order valence-electron chi connectivity index (χ1n) is 7.98. The van der Waals surface area contributed by atoms with E-state index < -0.39 is 23.2 Å². The third kappa shape index (κ3) is 4.88. The maximum Gasteiger partial charge on any atom is 0.333 e. The lowest BCUT2D eigenvalue weighted by Crippen LogP contribution is -2.38. The van der Waals surface area contributed by atoms with E-state index in [1.54, 1.807) is 6.92 Å². The van der Waals surface area contributed by atoms with E-state index in [4.69, 9.17) is 4.74 Å². The van der Waals surface area contributed by atoms with Crippen LogP contribution in [0.1, 0.15) is 12.5 Å². The van der Waals surface area contributed by atoms with Gasteiger partial charge in [-0.1, -0.05) is 6.07 Å². The van der Waals surface area contributed by atoms with Gasteiger partial charge in [-0.05, 0) is 25.1 Å². The predicted molar refractivity (Wildman–Crippen MR) is 97.5 cm³/mol. The number of benzene rings is 1. The molecule has 0 N–H and O–H groups in total. The molecule has 0 fully saturated rings. The van der Waals surface area contributed by atoms with Crippen molar-refractivity contribution in [3.05, 3.63) is 54.9 Å². The molecule has 0 saturated heterocycles. The number of esters is 1. The first-order chi connectivity index (χ1) is 12.7. The summed E-state index contributed by atoms with van der Waals surface area (Å²) >= 11 is 0.841. The van der Waals surface area contributed by atoms with Gasteiger partial charge in [-0.3, -0.25) is 14.2 Å². The molecule has 27 heavy (non-hydrogen) atoms. The highest BCUT2D eigenvalue weighted by Gasteiger charge is 2.13. The van der Waals surface area contributed by atoms with Crippen molar-refractivity contribution in [1.82, 2.24) is 9.47 Å². The minimum Gasteiger partial charge on any atom is -0.463 e. The van der Waals surface area contributed by atoms with Crippen LogP contribution in [0.15, 0.2) is 23.0 Å². The summed E-state index contributed by atoms with van der Waals surface area (Å²) in [7, 11) is 3.05. The third-order valence-corrected chi connectivity index (χ3v) is 4.59. The highest BCUT2D eigenvalue weighted by molar-refractivity contribution is 7.07. The zero-order valence-corrected chi connectivity index (χ0v) is 15.8. The minimum absolute atomic E-state index is 0.0129. The Labute approximate surface area is 157 Å². The summed E-state index contributed by atoms with van der Waals surface area (Å²) in [5.41, 5.74) is -1.00. The molecule has 0 atom stereocenters. The van der Waals surface area contributed by atoms with Crippen LogP contribution in [0.3, 0.4) is 0 Å². The van der Waals surface area contributed by atoms with E-state index in [1.807, 2.05) is 0 Å². The molecule has 1 aromatic heterocycles. The van der Waals surface area contributed by atoms with Gasteiger partial charge in [0.15, 0.2) is 0 Å². The number of halogens is 2. The maximum atomic E-state index is 13.9. The molecule has 0 aliphatic rings. The van der Waals surface area contributed by atoms with Crippen LogP contribution in [0.25, 0.3) is 12.2 Å². The zero-order chi connectivity index (χ0) is 20.1. The average Bonchev–Trinajstić information content (AvgIpc) is 2.87. The molecule has 144 valence electrons. The Morgan fingerprint density at radius 2 is 1.89 bits per heavy atom. The predicted octanol–water partition coefficient (Wildman–Crippen LogP) is 0.449. The van der Waals surface area contributed by atoms with Crippen LogP contribution in [0.5, 0.6) is 0 Å². The summed E-state index contributed by atoms with van der Waals surface area (Å²) in [4.78, 5) is 37.7. The Morgan fingerprint density at radius 3 is 2.44 bits per heavy atom. The SMILES string of the molecule is CCOC(=O)/C=c1\s/c(=C\c2c(F)cccc2F)c(=O)n1CC(=O)N(C)C. The van der Waals surface area contributed by atoms with Crippen molar-refractivity contribution in [3.63, 3.8) is 0 Å². The molecule has 0 radical (unpaired) electrons. The van der Waals surface area contributed by atoms with Gasteiger partial charge >= 0.3 is 5.97 Å². The Kier molecular flexibility index (Phi) is 6.62. The number of carbonyl (C=O) groups excluding carboxylic acids is 2. The molecule has 0 saturated carbocycles. The molecule has 0 bridgehead atoms. The molecule has 2 rings (SSSR count). The number of aromatic nitrogens is 1. The number of rotatable bonds is 5. The van der Waals surface area contributed by atoms with E-state index in [2.05, 4.69) is 0 Å². The summed E-state index contributed by atoms with van der Waals surface area (Å²) < 4.78 is 33.8. The van der Waals surface area contributed by atoms with Gasteiger partial charge < -0.3 is 9.64 Å². The van der Waals surface area contributed by atoms with Crippen LogP contribution in [-0.4, -0.2) is 42.0 Å². The number of carbonyl (C=O) groups is 2. The third-order valence-electron chi connectivity index (χ3n) is 3.53. The van der Waals surface area contributed by atoms with E-state index in [0.717, 1.165) is 40.2 Å². The molecule has 0 spiro atoms. The van der Waals surface area contributed by atoms with Crippen LogP contribution < -0.4 is 14.8 Å². The maximum absolute atomic E-state index is 13.9. The van der Waals surface area contributed by atoms with Crippen LogP contribution in [0.4, 0.5) is 8.78 Å². The number of amides is 1. The first-order valence-corrected chi connectivity index (χ1v) is 8.80. The number of hydrogen-bond donors (Lipinski definition) is 0. The summed E-state index contributed by atoms with van der Waals surface area (Å²) in [6.07, 6.45) is 2.14. The molecule has 1 amide bonds. The average molecular weight is 396 g/mol. The lowest BCUT2D eigenvalue weighted by Gasteiger charge is -2.10. The van der Waals surface area contributed by atoms with Crippen molar-refractivity contribution in [2.45, 2.75) is 13.5 Å². The van der Waals surface area contributed by atoms with Crippen molar-refractivity contribution in [3.8, 4) is 0 Å². The van der Waals surface area contributed by atoms with E-state index in [1.165, 1.54) is 25.1 Å². The molecular weight excluding hydrogens is 378 g/mol. The van der Waals surface area contributed by atoms with Crippen LogP contribution in [0.2, 0.25) is 0 Å². The van der Waals surface area contributed by atoms with Crippen molar-refractivity contribution in [1.29, 1.82) is 0 Å². The summed E-state index contributed by atoms with van der Waals surface area (Å²) in [6.45, 7) is 1.45. The topological polar surface area (TPSA) is 68.6 Å². The monoisotopic (exact) mass is 396 g/mol. The van der Waals surface area contributed by atoms with Gasteiger partial charge in [0.2, 0.25) is 5.91 Å². The molecule has 0 unspecified atom stereocenters. The molecular formula is C18H18F2N2O4S. The highest BCUT2D eigenvalue weighted by Crippen LogP contribution is 2.12. The minimum atomic E-state index is -0.824. The normalized spacial score (nSPS) is 12.3. The second-order valence-corrected chi connectivity index (χ2v) is 6.72. The molecule has 1 heterocycles. The van der Waals surface area contributed by atoms with Gasteiger partial charge in [0.25, 0.3) is 5.56 Å². The Balaban J connectivity index is 2.69. The zero-order valence-electron chi connectivity index (χ0n) is 15.0. The van der Waals surface area contributed by atoms with E-state index in [0.29, 0.717) is 0 Å². The second kappa shape index (κ2) is 8.72. The Hall–Kier alpha value is -2.81. The number of likely N-dealkylation sites (N-methyl/N-ethyl adjacent to an activating group) is 1. The fourth-order valence-corrected chi connectivity index (χ4v) is 3.15. The fraction of sp³-hybridized carbons (Fsp3) is 0.278. The quantitative estimate of drug-likeness (QED) is 0.689. The number of hydrogen-bond acceptors (Lipinski definition) is 5. The van der Waals surface area contributed by atoms with E-state index in [-0.39, 0.29) is 33.8 Å². The molecule has 0 aliphatic carbocycles. The highest BCUT2D eigenvalue weighted by atomic mass is 32.1. The first kappa shape index (κ1) is 20.5. The van der Waals surface area contributed by atoms with Crippen molar-refractivity contribution >= 4 is 35.4 Å². The van der Waals surface area contributed by atoms with Gasteiger partial charge in [0.1, 0.15) is 22.8 Å². The standard InChI is InChI=1S/C18H18F2N2O4S/c1-4-26-17(24)9-16-22(10-15(23)21(2)3)18(25)14(27-16)8-11-12(19)6-5-7-13(11)20/h5-9H,4,10H2,1-3H3/b14-8-,16-9-. The van der Waals surface area contributed by atoms with Crippen molar-refractivity contribution < 1.29 is 23.1 Å². The van der Waals surface area contributed by atoms with Crippen molar-refractivity contribution in [2.75, 3.05) is 20.7 Å². The summed E-state index contributed by atoms with van der Waals surface area (Å²) in [5, 5.41) is 0. The van der Waals surface area contributed by atoms with E-state index in [9.17, 15) is 23.2 Å².